The van der Waals surface area contributed by atoms with E-state index >= 15 is 0 Å². The van der Waals surface area contributed by atoms with Gasteiger partial charge in [-0.15, -0.1) is 0 Å². The third kappa shape index (κ3) is 4.80. The predicted octanol–water partition coefficient (Wildman–Crippen LogP) is 4.32. The Hall–Kier alpha value is -3.12. The van der Waals surface area contributed by atoms with Crippen LogP contribution in [-0.4, -0.2) is 47.0 Å². The third-order valence-corrected chi connectivity index (χ3v) is 5.75. The van der Waals surface area contributed by atoms with E-state index in [1.54, 1.807) is 4.90 Å². The average Bonchev–Trinajstić information content (AvgIpc) is 3.42. The molecule has 1 atom stereocenters. The number of rotatable bonds is 7. The number of carbonyl (C=O) groups is 1. The van der Waals surface area contributed by atoms with Crippen molar-refractivity contribution in [2.24, 2.45) is 0 Å². The fourth-order valence-corrected chi connectivity index (χ4v) is 3.91. The number of amides is 1. The smallest absolute Gasteiger partial charge is 0.253 e. The molecule has 6 nitrogen and oxygen atoms in total. The number of nitrogens with zero attached hydrogens (tertiary/aromatic N) is 3. The molecule has 0 bridgehead atoms. The maximum atomic E-state index is 13.0. The summed E-state index contributed by atoms with van der Waals surface area (Å²) < 4.78 is 13.3. The molecule has 1 aliphatic rings. The highest BCUT2D eigenvalue weighted by Crippen LogP contribution is 2.21. The van der Waals surface area contributed by atoms with Crippen LogP contribution in [0.1, 0.15) is 40.2 Å². The van der Waals surface area contributed by atoms with Gasteiger partial charge in [0.1, 0.15) is 12.4 Å². The van der Waals surface area contributed by atoms with Crippen LogP contribution in [0.3, 0.4) is 0 Å². The molecule has 0 spiro atoms. The molecular weight excluding hydrogens is 390 g/mol. The van der Waals surface area contributed by atoms with Crippen molar-refractivity contribution in [1.29, 1.82) is 0 Å². The van der Waals surface area contributed by atoms with Crippen LogP contribution in [0.15, 0.2) is 54.6 Å². The van der Waals surface area contributed by atoms with Gasteiger partial charge in [-0.2, -0.15) is 5.10 Å². The quantitative estimate of drug-likeness (QED) is 0.572. The molecule has 3 aromatic rings. The number of aryl methyl sites for hydroxylation is 1. The van der Waals surface area contributed by atoms with Crippen molar-refractivity contribution in [3.63, 3.8) is 0 Å². The van der Waals surface area contributed by atoms with E-state index in [2.05, 4.69) is 5.10 Å². The van der Waals surface area contributed by atoms with Gasteiger partial charge in [0.25, 0.3) is 5.91 Å². The van der Waals surface area contributed by atoms with E-state index in [1.807, 2.05) is 80.2 Å². The van der Waals surface area contributed by atoms with Crippen molar-refractivity contribution in [3.8, 4) is 11.4 Å². The van der Waals surface area contributed by atoms with E-state index in [1.165, 1.54) is 0 Å². The molecule has 6 heteroatoms. The van der Waals surface area contributed by atoms with E-state index in [4.69, 9.17) is 9.47 Å². The van der Waals surface area contributed by atoms with E-state index in [0.29, 0.717) is 18.7 Å². The summed E-state index contributed by atoms with van der Waals surface area (Å²) in [6, 6.07) is 17.4. The Morgan fingerprint density at radius 2 is 1.90 bits per heavy atom. The van der Waals surface area contributed by atoms with Crippen LogP contribution in [0.5, 0.6) is 5.75 Å². The number of aromatic nitrogens is 2. The summed E-state index contributed by atoms with van der Waals surface area (Å²) in [7, 11) is 1.82. The van der Waals surface area contributed by atoms with Gasteiger partial charge >= 0.3 is 0 Å². The van der Waals surface area contributed by atoms with Gasteiger partial charge in [-0.05, 0) is 63.1 Å². The molecule has 0 radical (unpaired) electrons. The fraction of sp³-hybridized carbons (Fsp3) is 0.360. The van der Waals surface area contributed by atoms with E-state index in [0.717, 1.165) is 47.8 Å². The topological polar surface area (TPSA) is 56.6 Å². The first-order valence-electron chi connectivity index (χ1n) is 10.7. The molecule has 0 aliphatic carbocycles. The number of hydrogen-bond acceptors (Lipinski definition) is 4. The Morgan fingerprint density at radius 1 is 1.16 bits per heavy atom. The van der Waals surface area contributed by atoms with Crippen LogP contribution in [-0.2, 0) is 11.3 Å². The first-order valence-corrected chi connectivity index (χ1v) is 10.7. The zero-order chi connectivity index (χ0) is 21.8. The number of benzene rings is 2. The van der Waals surface area contributed by atoms with Crippen molar-refractivity contribution in [2.75, 3.05) is 20.3 Å². The molecule has 1 saturated heterocycles. The lowest BCUT2D eigenvalue weighted by Gasteiger charge is -2.18. The number of para-hydroxylation sites is 1. The van der Waals surface area contributed by atoms with Crippen molar-refractivity contribution in [1.82, 2.24) is 14.7 Å². The largest absolute Gasteiger partial charge is 0.491 e. The molecule has 1 aliphatic heterocycles. The van der Waals surface area contributed by atoms with Crippen molar-refractivity contribution < 1.29 is 14.3 Å². The van der Waals surface area contributed by atoms with Crippen LogP contribution in [0, 0.1) is 13.8 Å². The molecule has 162 valence electrons. The van der Waals surface area contributed by atoms with Gasteiger partial charge in [0.05, 0.1) is 17.5 Å². The van der Waals surface area contributed by atoms with Crippen LogP contribution in [0.4, 0.5) is 0 Å². The first-order chi connectivity index (χ1) is 15.0. The van der Waals surface area contributed by atoms with E-state index in [9.17, 15) is 4.79 Å². The van der Waals surface area contributed by atoms with Gasteiger partial charge in [-0.3, -0.25) is 4.79 Å². The Kier molecular flexibility index (Phi) is 6.37. The van der Waals surface area contributed by atoms with Gasteiger partial charge in [-0.1, -0.05) is 18.2 Å². The second kappa shape index (κ2) is 9.35. The van der Waals surface area contributed by atoms with Gasteiger partial charge in [0.2, 0.25) is 0 Å². The molecule has 0 saturated carbocycles. The minimum atomic E-state index is -0.0306. The van der Waals surface area contributed by atoms with Gasteiger partial charge in [-0.25, -0.2) is 4.68 Å². The lowest BCUT2D eigenvalue weighted by molar-refractivity contribution is 0.0679. The zero-order valence-corrected chi connectivity index (χ0v) is 18.4. The van der Waals surface area contributed by atoms with E-state index in [-0.39, 0.29) is 12.0 Å². The normalized spacial score (nSPS) is 15.8. The highest BCUT2D eigenvalue weighted by molar-refractivity contribution is 5.94. The molecule has 0 unspecified atom stereocenters. The summed E-state index contributed by atoms with van der Waals surface area (Å²) in [4.78, 5) is 14.7. The Morgan fingerprint density at radius 3 is 2.58 bits per heavy atom. The van der Waals surface area contributed by atoms with Gasteiger partial charge < -0.3 is 14.4 Å². The lowest BCUT2D eigenvalue weighted by atomic mass is 10.1. The Labute approximate surface area is 183 Å². The summed E-state index contributed by atoms with van der Waals surface area (Å²) in [6.45, 7) is 5.90. The molecule has 31 heavy (non-hydrogen) atoms. The Balaban J connectivity index is 1.41. The minimum Gasteiger partial charge on any atom is -0.491 e. The van der Waals surface area contributed by atoms with Crippen molar-refractivity contribution >= 4 is 5.91 Å². The summed E-state index contributed by atoms with van der Waals surface area (Å²) in [5, 5.41) is 4.68. The maximum absolute atomic E-state index is 13.0. The van der Waals surface area contributed by atoms with E-state index < -0.39 is 0 Å². The average molecular weight is 420 g/mol. The third-order valence-electron chi connectivity index (χ3n) is 5.75. The van der Waals surface area contributed by atoms with Crippen LogP contribution in [0.25, 0.3) is 5.69 Å². The molecule has 4 rings (SSSR count). The second-order valence-electron chi connectivity index (χ2n) is 8.03. The summed E-state index contributed by atoms with van der Waals surface area (Å²) in [6.07, 6.45) is 2.31. The Bertz CT molecular complexity index is 1020. The molecule has 2 aromatic carbocycles. The number of hydrogen-bond donors (Lipinski definition) is 0. The predicted molar refractivity (Wildman–Crippen MR) is 120 cm³/mol. The molecule has 0 N–H and O–H groups in total. The van der Waals surface area contributed by atoms with Crippen molar-refractivity contribution in [3.05, 3.63) is 77.1 Å². The highest BCUT2D eigenvalue weighted by atomic mass is 16.5. The SMILES string of the molecule is Cc1nn(-c2ccccc2)c(C)c1CN(C)C(=O)c1ccc(OC[C@H]2CCCO2)cc1. The monoisotopic (exact) mass is 419 g/mol. The molecule has 2 heterocycles. The van der Waals surface area contributed by atoms with Crippen LogP contribution < -0.4 is 4.74 Å². The first kappa shape index (κ1) is 21.1. The van der Waals surface area contributed by atoms with Crippen LogP contribution >= 0.6 is 0 Å². The molecular formula is C25H29N3O3. The van der Waals surface area contributed by atoms with Crippen molar-refractivity contribution in [2.45, 2.75) is 39.3 Å². The molecule has 1 amide bonds. The standard InChI is InChI=1S/C25H29N3O3/c1-18-24(19(2)28(26-18)21-8-5-4-6-9-21)16-27(3)25(29)20-11-13-22(14-12-20)31-17-23-10-7-15-30-23/h4-6,8-9,11-14,23H,7,10,15-17H2,1-3H3/t23-/m1/s1. The van der Waals surface area contributed by atoms with Gasteiger partial charge in [0.15, 0.2) is 0 Å². The zero-order valence-electron chi connectivity index (χ0n) is 18.4. The minimum absolute atomic E-state index is 0.0306. The van der Waals surface area contributed by atoms with Crippen LogP contribution in [0.2, 0.25) is 0 Å². The maximum Gasteiger partial charge on any atom is 0.253 e. The fourth-order valence-electron chi connectivity index (χ4n) is 3.91. The summed E-state index contributed by atoms with van der Waals surface area (Å²) in [5.74, 6) is 0.725. The molecule has 1 aromatic heterocycles. The highest BCUT2D eigenvalue weighted by Gasteiger charge is 2.19. The summed E-state index contributed by atoms with van der Waals surface area (Å²) in [5.41, 5.74) is 4.69. The number of carbonyl (C=O) groups excluding carboxylic acids is 1. The van der Waals surface area contributed by atoms with Gasteiger partial charge in [0, 0.05) is 37.0 Å². The number of ether oxygens (including phenoxy) is 2. The molecule has 1 fully saturated rings. The lowest BCUT2D eigenvalue weighted by Crippen LogP contribution is -2.26. The summed E-state index contributed by atoms with van der Waals surface area (Å²) >= 11 is 0. The second-order valence-corrected chi connectivity index (χ2v) is 8.03.